The maximum atomic E-state index is 13.3. The Hall–Kier alpha value is -1.95. The normalized spacial score (nSPS) is 11.1. The maximum absolute atomic E-state index is 13.3. The van der Waals surface area contributed by atoms with Crippen LogP contribution in [0, 0.1) is 5.82 Å². The molecule has 2 N–H and O–H groups in total. The summed E-state index contributed by atoms with van der Waals surface area (Å²) in [6, 6.07) is 4.39. The summed E-state index contributed by atoms with van der Waals surface area (Å²) in [6.07, 6.45) is 1.84. The first-order valence-electron chi connectivity index (χ1n) is 7.73. The van der Waals surface area contributed by atoms with E-state index < -0.39 is 0 Å². The number of amides is 1. The summed E-state index contributed by atoms with van der Waals surface area (Å²) in [7, 11) is 0. The zero-order valence-corrected chi connectivity index (χ0v) is 13.2. The number of halogens is 1. The van der Waals surface area contributed by atoms with Crippen LogP contribution in [0.15, 0.2) is 18.2 Å². The van der Waals surface area contributed by atoms with E-state index in [1.807, 2.05) is 4.90 Å². The number of carbonyl (C=O) groups excluding carboxylic acids is 1. The third-order valence-corrected chi connectivity index (χ3v) is 3.61. The molecule has 0 aliphatic heterocycles. The number of carbonyl (C=O) groups is 1. The zero-order chi connectivity index (χ0) is 16.1. The van der Waals surface area contributed by atoms with Crippen LogP contribution in [0.2, 0.25) is 0 Å². The highest BCUT2D eigenvalue weighted by Crippen LogP contribution is 2.18. The number of fused-ring (bicyclic) bond motifs is 1. The Morgan fingerprint density at radius 1 is 1.32 bits per heavy atom. The molecular formula is C16H23FN4O. The van der Waals surface area contributed by atoms with Gasteiger partial charge < -0.3 is 15.2 Å². The van der Waals surface area contributed by atoms with E-state index in [-0.39, 0.29) is 24.8 Å². The molecule has 0 spiro atoms. The molecule has 5 nitrogen and oxygen atoms in total. The van der Waals surface area contributed by atoms with Crippen molar-refractivity contribution < 1.29 is 9.18 Å². The highest BCUT2D eigenvalue weighted by molar-refractivity contribution is 5.81. The molecule has 1 aromatic heterocycles. The Morgan fingerprint density at radius 3 is 2.59 bits per heavy atom. The molecule has 6 heteroatoms. The summed E-state index contributed by atoms with van der Waals surface area (Å²) in [5.74, 6) is 0.301. The van der Waals surface area contributed by atoms with E-state index in [2.05, 4.69) is 18.8 Å². The Kier molecular flexibility index (Phi) is 5.49. The predicted molar refractivity (Wildman–Crippen MR) is 84.7 cm³/mol. The molecule has 2 aromatic rings. The molecule has 0 saturated carbocycles. The smallest absolute Gasteiger partial charge is 0.242 e. The van der Waals surface area contributed by atoms with Gasteiger partial charge in [0.15, 0.2) is 0 Å². The first-order valence-corrected chi connectivity index (χ1v) is 7.73. The lowest BCUT2D eigenvalue weighted by Gasteiger charge is -2.22. The Balaban J connectivity index is 2.31. The second kappa shape index (κ2) is 7.35. The minimum atomic E-state index is -0.342. The van der Waals surface area contributed by atoms with Crippen molar-refractivity contribution in [1.82, 2.24) is 14.5 Å². The lowest BCUT2D eigenvalue weighted by Crippen LogP contribution is -2.35. The third kappa shape index (κ3) is 3.44. The first-order chi connectivity index (χ1) is 10.6. The van der Waals surface area contributed by atoms with E-state index in [1.54, 1.807) is 10.6 Å². The second-order valence-corrected chi connectivity index (χ2v) is 5.33. The van der Waals surface area contributed by atoms with E-state index >= 15 is 0 Å². The molecule has 0 aliphatic carbocycles. The summed E-state index contributed by atoms with van der Waals surface area (Å²) in [5.41, 5.74) is 6.99. The fourth-order valence-corrected chi connectivity index (χ4v) is 2.62. The standard InChI is InChI=1S/C16H23FN4O/c1-3-7-20(8-4-2)16(22)11-21-14-6-5-12(17)9-13(14)19-15(21)10-18/h5-6,9H,3-4,7-8,10-11,18H2,1-2H3. The summed E-state index contributed by atoms with van der Waals surface area (Å²) in [5, 5.41) is 0. The lowest BCUT2D eigenvalue weighted by atomic mass is 10.3. The molecule has 0 bridgehead atoms. The second-order valence-electron chi connectivity index (χ2n) is 5.33. The number of hydrogen-bond acceptors (Lipinski definition) is 3. The van der Waals surface area contributed by atoms with Gasteiger partial charge in [0.25, 0.3) is 0 Å². The fraction of sp³-hybridized carbons (Fsp3) is 0.500. The van der Waals surface area contributed by atoms with Gasteiger partial charge in [-0.2, -0.15) is 0 Å². The van der Waals surface area contributed by atoms with Crippen molar-refractivity contribution in [2.75, 3.05) is 13.1 Å². The van der Waals surface area contributed by atoms with Gasteiger partial charge in [-0.25, -0.2) is 9.37 Å². The van der Waals surface area contributed by atoms with Crippen molar-refractivity contribution in [2.24, 2.45) is 5.73 Å². The Labute approximate surface area is 129 Å². The fourth-order valence-electron chi connectivity index (χ4n) is 2.62. The molecular weight excluding hydrogens is 283 g/mol. The molecule has 22 heavy (non-hydrogen) atoms. The quantitative estimate of drug-likeness (QED) is 0.853. The van der Waals surface area contributed by atoms with Gasteiger partial charge in [0.2, 0.25) is 5.91 Å². The summed E-state index contributed by atoms with van der Waals surface area (Å²) in [6.45, 7) is 5.99. The van der Waals surface area contributed by atoms with Gasteiger partial charge in [0.05, 0.1) is 17.6 Å². The van der Waals surface area contributed by atoms with Gasteiger partial charge >= 0.3 is 0 Å². The SMILES string of the molecule is CCCN(CCC)C(=O)Cn1c(CN)nc2cc(F)ccc21. The Bertz CT molecular complexity index is 647. The van der Waals surface area contributed by atoms with E-state index in [0.29, 0.717) is 11.3 Å². The molecule has 0 radical (unpaired) electrons. The van der Waals surface area contributed by atoms with Crippen molar-refractivity contribution in [3.63, 3.8) is 0 Å². The van der Waals surface area contributed by atoms with Crippen LogP contribution in [0.1, 0.15) is 32.5 Å². The van der Waals surface area contributed by atoms with Crippen LogP contribution in [0.5, 0.6) is 0 Å². The van der Waals surface area contributed by atoms with Gasteiger partial charge in [0, 0.05) is 19.2 Å². The van der Waals surface area contributed by atoms with E-state index in [4.69, 9.17) is 5.73 Å². The molecule has 2 rings (SSSR count). The molecule has 1 heterocycles. The Morgan fingerprint density at radius 2 is 2.00 bits per heavy atom. The van der Waals surface area contributed by atoms with Crippen LogP contribution in [-0.2, 0) is 17.9 Å². The van der Waals surface area contributed by atoms with Gasteiger partial charge in [0.1, 0.15) is 18.2 Å². The molecule has 1 aromatic carbocycles. The topological polar surface area (TPSA) is 64.2 Å². The van der Waals surface area contributed by atoms with Gasteiger partial charge in [-0.05, 0) is 25.0 Å². The number of hydrogen-bond donors (Lipinski definition) is 1. The third-order valence-electron chi connectivity index (χ3n) is 3.61. The maximum Gasteiger partial charge on any atom is 0.242 e. The molecule has 120 valence electrons. The van der Waals surface area contributed by atoms with Crippen LogP contribution >= 0.6 is 0 Å². The zero-order valence-electron chi connectivity index (χ0n) is 13.2. The van der Waals surface area contributed by atoms with Crippen LogP contribution in [0.4, 0.5) is 4.39 Å². The largest absolute Gasteiger partial charge is 0.341 e. The van der Waals surface area contributed by atoms with Crippen molar-refractivity contribution in [2.45, 2.75) is 39.8 Å². The molecule has 0 saturated heterocycles. The summed E-state index contributed by atoms with van der Waals surface area (Å²) < 4.78 is 15.1. The summed E-state index contributed by atoms with van der Waals surface area (Å²) >= 11 is 0. The van der Waals surface area contributed by atoms with Crippen LogP contribution < -0.4 is 5.73 Å². The van der Waals surface area contributed by atoms with E-state index in [9.17, 15) is 9.18 Å². The molecule has 0 aliphatic rings. The van der Waals surface area contributed by atoms with E-state index in [1.165, 1.54) is 12.1 Å². The van der Waals surface area contributed by atoms with E-state index in [0.717, 1.165) is 31.4 Å². The average Bonchev–Trinajstić information content (AvgIpc) is 2.83. The summed E-state index contributed by atoms with van der Waals surface area (Å²) in [4.78, 5) is 18.7. The number of imidazole rings is 1. The molecule has 0 fully saturated rings. The molecule has 0 atom stereocenters. The van der Waals surface area contributed by atoms with Crippen LogP contribution in [0.3, 0.4) is 0 Å². The average molecular weight is 306 g/mol. The predicted octanol–water partition coefficient (Wildman–Crippen LogP) is 2.28. The number of aromatic nitrogens is 2. The minimum Gasteiger partial charge on any atom is -0.341 e. The first kappa shape index (κ1) is 16.4. The van der Waals surface area contributed by atoms with Crippen molar-refractivity contribution in [3.05, 3.63) is 29.8 Å². The number of benzene rings is 1. The van der Waals surface area contributed by atoms with Gasteiger partial charge in [-0.3, -0.25) is 4.79 Å². The highest BCUT2D eigenvalue weighted by Gasteiger charge is 2.17. The number of nitrogens with zero attached hydrogens (tertiary/aromatic N) is 3. The van der Waals surface area contributed by atoms with Crippen molar-refractivity contribution >= 4 is 16.9 Å². The molecule has 1 amide bonds. The number of nitrogens with two attached hydrogens (primary N) is 1. The van der Waals surface area contributed by atoms with Crippen molar-refractivity contribution in [1.29, 1.82) is 0 Å². The lowest BCUT2D eigenvalue weighted by molar-refractivity contribution is -0.131. The molecule has 0 unspecified atom stereocenters. The highest BCUT2D eigenvalue weighted by atomic mass is 19.1. The number of rotatable bonds is 7. The minimum absolute atomic E-state index is 0.0435. The van der Waals surface area contributed by atoms with Crippen molar-refractivity contribution in [3.8, 4) is 0 Å². The van der Waals surface area contributed by atoms with Crippen LogP contribution in [0.25, 0.3) is 11.0 Å². The van der Waals surface area contributed by atoms with Crippen LogP contribution in [-0.4, -0.2) is 33.4 Å². The van der Waals surface area contributed by atoms with Gasteiger partial charge in [-0.1, -0.05) is 13.8 Å². The monoisotopic (exact) mass is 306 g/mol. The van der Waals surface area contributed by atoms with Gasteiger partial charge in [-0.15, -0.1) is 0 Å².